The summed E-state index contributed by atoms with van der Waals surface area (Å²) in [6.07, 6.45) is 4.62. The van der Waals surface area contributed by atoms with Crippen molar-refractivity contribution in [2.45, 2.75) is 19.4 Å². The molecule has 3 heterocycles. The second-order valence-electron chi connectivity index (χ2n) is 4.89. The summed E-state index contributed by atoms with van der Waals surface area (Å²) in [6, 6.07) is 5.96. The van der Waals surface area contributed by atoms with Gasteiger partial charge < -0.3 is 10.6 Å². The topological polar surface area (TPSA) is 54.2 Å². The number of hydrogen-bond donors (Lipinski definition) is 2. The van der Waals surface area contributed by atoms with Crippen LogP contribution in [-0.4, -0.2) is 34.2 Å². The first-order valence-electron chi connectivity index (χ1n) is 6.63. The molecule has 5 nitrogen and oxygen atoms in total. The predicted molar refractivity (Wildman–Crippen MR) is 70.3 cm³/mol. The van der Waals surface area contributed by atoms with Crippen LogP contribution < -0.4 is 10.6 Å². The van der Waals surface area contributed by atoms with Gasteiger partial charge in [-0.1, -0.05) is 6.07 Å². The molecule has 2 aromatic rings. The lowest BCUT2D eigenvalue weighted by Crippen LogP contribution is -2.36. The minimum absolute atomic E-state index is 0.748. The quantitative estimate of drug-likeness (QED) is 0.837. The van der Waals surface area contributed by atoms with E-state index in [0.717, 1.165) is 37.0 Å². The summed E-state index contributed by atoms with van der Waals surface area (Å²) < 4.78 is 2.03. The third-order valence-corrected chi connectivity index (χ3v) is 3.50. The first-order chi connectivity index (χ1) is 8.93. The summed E-state index contributed by atoms with van der Waals surface area (Å²) >= 11 is 0. The highest BCUT2D eigenvalue weighted by molar-refractivity contribution is 5.36. The smallest absolute Gasteiger partial charge is 0.160 e. The standard InChI is InChI=1S/C13H19N5/c1-2-7-18-12(5-1)16-17-13(18)10-15-9-11-4-3-6-14-8-11/h1-2,5,7,11,14-15H,3-4,6,8-10H2. The van der Waals surface area contributed by atoms with Crippen LogP contribution in [0.5, 0.6) is 0 Å². The highest BCUT2D eigenvalue weighted by Gasteiger charge is 2.12. The van der Waals surface area contributed by atoms with Crippen LogP contribution in [0.25, 0.3) is 5.65 Å². The molecule has 0 saturated carbocycles. The van der Waals surface area contributed by atoms with Gasteiger partial charge in [0.05, 0.1) is 6.54 Å². The normalized spacial score (nSPS) is 20.3. The summed E-state index contributed by atoms with van der Waals surface area (Å²) in [4.78, 5) is 0. The maximum absolute atomic E-state index is 4.21. The van der Waals surface area contributed by atoms with Crippen molar-refractivity contribution in [3.8, 4) is 0 Å². The maximum Gasteiger partial charge on any atom is 0.160 e. The molecule has 18 heavy (non-hydrogen) atoms. The Hall–Kier alpha value is -1.46. The van der Waals surface area contributed by atoms with Crippen molar-refractivity contribution in [2.24, 2.45) is 5.92 Å². The average Bonchev–Trinajstić information content (AvgIpc) is 2.84. The van der Waals surface area contributed by atoms with Crippen molar-refractivity contribution in [3.63, 3.8) is 0 Å². The molecular weight excluding hydrogens is 226 g/mol. The first kappa shape index (κ1) is 11.6. The van der Waals surface area contributed by atoms with Gasteiger partial charge >= 0.3 is 0 Å². The number of nitrogens with one attached hydrogen (secondary N) is 2. The van der Waals surface area contributed by atoms with Gasteiger partial charge in [0.2, 0.25) is 0 Å². The number of hydrogen-bond acceptors (Lipinski definition) is 4. The molecule has 0 aliphatic carbocycles. The molecule has 5 heteroatoms. The number of rotatable bonds is 4. The summed E-state index contributed by atoms with van der Waals surface area (Å²) in [5.41, 5.74) is 0.911. The zero-order chi connectivity index (χ0) is 12.2. The molecule has 1 aliphatic rings. The lowest BCUT2D eigenvalue weighted by atomic mass is 10.00. The van der Waals surface area contributed by atoms with Crippen LogP contribution in [0, 0.1) is 5.92 Å². The third kappa shape index (κ3) is 2.52. The van der Waals surface area contributed by atoms with Crippen molar-refractivity contribution in [2.75, 3.05) is 19.6 Å². The fourth-order valence-electron chi connectivity index (χ4n) is 2.50. The number of pyridine rings is 1. The third-order valence-electron chi connectivity index (χ3n) is 3.50. The molecular formula is C13H19N5. The molecule has 0 bridgehead atoms. The average molecular weight is 245 g/mol. The number of fused-ring (bicyclic) bond motifs is 1. The van der Waals surface area contributed by atoms with E-state index in [4.69, 9.17) is 0 Å². The molecule has 0 amide bonds. The van der Waals surface area contributed by atoms with E-state index in [1.54, 1.807) is 0 Å². The van der Waals surface area contributed by atoms with Gasteiger partial charge in [-0.15, -0.1) is 10.2 Å². The first-order valence-corrected chi connectivity index (χ1v) is 6.63. The van der Waals surface area contributed by atoms with Crippen LogP contribution in [0.2, 0.25) is 0 Å². The summed E-state index contributed by atoms with van der Waals surface area (Å²) in [7, 11) is 0. The van der Waals surface area contributed by atoms with Crippen LogP contribution in [0.15, 0.2) is 24.4 Å². The van der Waals surface area contributed by atoms with Gasteiger partial charge in [0.15, 0.2) is 11.5 Å². The number of nitrogens with zero attached hydrogens (tertiary/aromatic N) is 3. The van der Waals surface area contributed by atoms with E-state index < -0.39 is 0 Å². The molecule has 1 unspecified atom stereocenters. The summed E-state index contributed by atoms with van der Waals surface area (Å²) in [5.74, 6) is 1.73. The second-order valence-corrected chi connectivity index (χ2v) is 4.89. The van der Waals surface area contributed by atoms with Crippen LogP contribution in [0.3, 0.4) is 0 Å². The molecule has 2 aromatic heterocycles. The summed E-state index contributed by atoms with van der Waals surface area (Å²) in [5, 5.41) is 15.3. The Labute approximate surface area is 107 Å². The Morgan fingerprint density at radius 1 is 1.39 bits per heavy atom. The van der Waals surface area contributed by atoms with Crippen molar-refractivity contribution >= 4 is 5.65 Å². The van der Waals surface area contributed by atoms with Crippen molar-refractivity contribution in [3.05, 3.63) is 30.2 Å². The van der Waals surface area contributed by atoms with Gasteiger partial charge in [-0.3, -0.25) is 4.40 Å². The second kappa shape index (κ2) is 5.46. The predicted octanol–water partition coefficient (Wildman–Crippen LogP) is 0.818. The highest BCUT2D eigenvalue weighted by Crippen LogP contribution is 2.08. The van der Waals surface area contributed by atoms with E-state index >= 15 is 0 Å². The summed E-state index contributed by atoms with van der Waals surface area (Å²) in [6.45, 7) is 4.13. The van der Waals surface area contributed by atoms with Gasteiger partial charge in [-0.2, -0.15) is 0 Å². The zero-order valence-electron chi connectivity index (χ0n) is 10.5. The Balaban J connectivity index is 1.56. The van der Waals surface area contributed by atoms with E-state index in [1.165, 1.54) is 19.4 Å². The molecule has 0 radical (unpaired) electrons. The number of piperidine rings is 1. The molecule has 1 aliphatic heterocycles. The highest BCUT2D eigenvalue weighted by atomic mass is 15.3. The number of aromatic nitrogens is 3. The van der Waals surface area contributed by atoms with Crippen molar-refractivity contribution < 1.29 is 0 Å². The monoisotopic (exact) mass is 245 g/mol. The van der Waals surface area contributed by atoms with Gasteiger partial charge in [0.1, 0.15) is 0 Å². The molecule has 2 N–H and O–H groups in total. The fraction of sp³-hybridized carbons (Fsp3) is 0.538. The maximum atomic E-state index is 4.21. The molecule has 3 rings (SSSR count). The van der Waals surface area contributed by atoms with Crippen LogP contribution in [0.4, 0.5) is 0 Å². The SMILES string of the molecule is c1ccn2c(CNCC3CCCNC3)nnc2c1. The molecule has 0 aromatic carbocycles. The van der Waals surface area contributed by atoms with Gasteiger partial charge in [0.25, 0.3) is 0 Å². The van der Waals surface area contributed by atoms with E-state index in [1.807, 2.05) is 28.8 Å². The largest absolute Gasteiger partial charge is 0.316 e. The molecule has 1 saturated heterocycles. The van der Waals surface area contributed by atoms with Crippen LogP contribution in [-0.2, 0) is 6.54 Å². The van der Waals surface area contributed by atoms with Crippen molar-refractivity contribution in [1.29, 1.82) is 0 Å². The van der Waals surface area contributed by atoms with E-state index in [-0.39, 0.29) is 0 Å². The van der Waals surface area contributed by atoms with Gasteiger partial charge in [0, 0.05) is 6.20 Å². The van der Waals surface area contributed by atoms with E-state index in [9.17, 15) is 0 Å². The lowest BCUT2D eigenvalue weighted by molar-refractivity contribution is 0.358. The fourth-order valence-corrected chi connectivity index (χ4v) is 2.50. The Bertz CT molecular complexity index is 501. The van der Waals surface area contributed by atoms with Crippen LogP contribution >= 0.6 is 0 Å². The molecule has 1 atom stereocenters. The molecule has 96 valence electrons. The molecule has 1 fully saturated rings. The minimum atomic E-state index is 0.748. The Kier molecular flexibility index (Phi) is 3.52. The molecule has 0 spiro atoms. The Morgan fingerprint density at radius 3 is 3.28 bits per heavy atom. The zero-order valence-corrected chi connectivity index (χ0v) is 10.5. The Morgan fingerprint density at radius 2 is 2.39 bits per heavy atom. The minimum Gasteiger partial charge on any atom is -0.316 e. The van der Waals surface area contributed by atoms with Crippen LogP contribution in [0.1, 0.15) is 18.7 Å². The van der Waals surface area contributed by atoms with E-state index in [2.05, 4.69) is 20.8 Å². The van der Waals surface area contributed by atoms with E-state index in [0.29, 0.717) is 0 Å². The lowest BCUT2D eigenvalue weighted by Gasteiger charge is -2.22. The van der Waals surface area contributed by atoms with Gasteiger partial charge in [-0.25, -0.2) is 0 Å². The van der Waals surface area contributed by atoms with Crippen molar-refractivity contribution in [1.82, 2.24) is 25.2 Å². The van der Waals surface area contributed by atoms with Gasteiger partial charge in [-0.05, 0) is 50.5 Å².